The van der Waals surface area contributed by atoms with E-state index in [1.807, 2.05) is 18.4 Å². The minimum Gasteiger partial charge on any atom is -0.341 e. The Morgan fingerprint density at radius 1 is 1.48 bits per heavy atom. The summed E-state index contributed by atoms with van der Waals surface area (Å²) in [6, 6.07) is 1.25. The van der Waals surface area contributed by atoms with E-state index >= 15 is 0 Å². The number of fused-ring (bicyclic) bond motifs is 1. The Hall–Kier alpha value is -1.94. The Kier molecular flexibility index (Phi) is 3.84. The first kappa shape index (κ1) is 16.5. The van der Waals surface area contributed by atoms with Crippen molar-refractivity contribution in [3.8, 4) is 0 Å². The molecule has 3 atom stereocenters. The number of thioether (sulfide) groups is 1. The second kappa shape index (κ2) is 5.80. The standard InChI is InChI=1S/C15H18N6O2S2/c1-7-4-5-24-8(7)6-9(22)16-10-13(23)21-11(12-17-19-20-18-12)15(2,3)25-14(10)21/h4-5,10-11,14H,6H2,1-3H3,(H,16,22)(H,17,18,19,20)/t10?,11?,14-/m1/s1. The molecule has 0 bridgehead atoms. The molecule has 25 heavy (non-hydrogen) atoms. The summed E-state index contributed by atoms with van der Waals surface area (Å²) >= 11 is 3.22. The molecule has 0 aliphatic carbocycles. The summed E-state index contributed by atoms with van der Waals surface area (Å²) in [6.07, 6.45) is 0.308. The highest BCUT2D eigenvalue weighted by Crippen LogP contribution is 2.56. The number of hydrogen-bond donors (Lipinski definition) is 2. The van der Waals surface area contributed by atoms with E-state index in [1.165, 1.54) is 0 Å². The normalized spacial score (nSPS) is 27.1. The molecule has 2 aromatic heterocycles. The molecule has 132 valence electrons. The van der Waals surface area contributed by atoms with Gasteiger partial charge in [0.25, 0.3) is 0 Å². The van der Waals surface area contributed by atoms with Crippen LogP contribution >= 0.6 is 23.1 Å². The predicted molar refractivity (Wildman–Crippen MR) is 93.9 cm³/mol. The van der Waals surface area contributed by atoms with Gasteiger partial charge in [-0.1, -0.05) is 5.21 Å². The number of aryl methyl sites for hydroxylation is 1. The van der Waals surface area contributed by atoms with Gasteiger partial charge < -0.3 is 10.2 Å². The zero-order valence-electron chi connectivity index (χ0n) is 14.0. The molecule has 2 N–H and O–H groups in total. The minimum absolute atomic E-state index is 0.0888. The van der Waals surface area contributed by atoms with Gasteiger partial charge in [-0.25, -0.2) is 0 Å². The summed E-state index contributed by atoms with van der Waals surface area (Å²) in [6.45, 7) is 6.09. The highest BCUT2D eigenvalue weighted by molar-refractivity contribution is 8.01. The van der Waals surface area contributed by atoms with Crippen molar-refractivity contribution < 1.29 is 9.59 Å². The fourth-order valence-corrected chi connectivity index (χ4v) is 5.94. The highest BCUT2D eigenvalue weighted by atomic mass is 32.2. The number of carbonyl (C=O) groups is 2. The van der Waals surface area contributed by atoms with Gasteiger partial charge in [0.15, 0.2) is 5.82 Å². The number of β-lactam (4-membered cyclic amide) rings is 1. The van der Waals surface area contributed by atoms with Gasteiger partial charge in [0.1, 0.15) is 17.5 Å². The van der Waals surface area contributed by atoms with Crippen LogP contribution in [0.5, 0.6) is 0 Å². The quantitative estimate of drug-likeness (QED) is 0.770. The molecule has 4 rings (SSSR count). The highest BCUT2D eigenvalue weighted by Gasteiger charge is 2.63. The van der Waals surface area contributed by atoms with Crippen molar-refractivity contribution in [2.75, 3.05) is 0 Å². The summed E-state index contributed by atoms with van der Waals surface area (Å²) in [7, 11) is 0. The molecule has 2 aliphatic rings. The third-order valence-corrected chi connectivity index (χ3v) is 7.25. The fraction of sp³-hybridized carbons (Fsp3) is 0.533. The minimum atomic E-state index is -0.492. The molecule has 0 spiro atoms. The molecule has 2 unspecified atom stereocenters. The van der Waals surface area contributed by atoms with Crippen LogP contribution in [-0.4, -0.2) is 53.5 Å². The van der Waals surface area contributed by atoms with E-state index in [-0.39, 0.29) is 28.0 Å². The molecule has 2 aromatic rings. The van der Waals surface area contributed by atoms with E-state index in [4.69, 9.17) is 0 Å². The average molecular weight is 378 g/mol. The molecule has 2 saturated heterocycles. The van der Waals surface area contributed by atoms with Crippen LogP contribution in [0.3, 0.4) is 0 Å². The summed E-state index contributed by atoms with van der Waals surface area (Å²) in [4.78, 5) is 27.8. The van der Waals surface area contributed by atoms with Crippen LogP contribution in [0.15, 0.2) is 11.4 Å². The Bertz CT molecular complexity index is 818. The van der Waals surface area contributed by atoms with Crippen molar-refractivity contribution >= 4 is 34.9 Å². The van der Waals surface area contributed by atoms with Crippen molar-refractivity contribution in [2.24, 2.45) is 0 Å². The van der Waals surface area contributed by atoms with Crippen LogP contribution in [0, 0.1) is 6.92 Å². The van der Waals surface area contributed by atoms with E-state index in [0.717, 1.165) is 10.4 Å². The number of nitrogens with zero attached hydrogens (tertiary/aromatic N) is 4. The zero-order chi connectivity index (χ0) is 17.8. The van der Waals surface area contributed by atoms with Crippen LogP contribution in [0.4, 0.5) is 0 Å². The van der Waals surface area contributed by atoms with Crippen LogP contribution < -0.4 is 5.32 Å². The van der Waals surface area contributed by atoms with Gasteiger partial charge in [-0.3, -0.25) is 9.59 Å². The first-order chi connectivity index (χ1) is 11.9. The lowest BCUT2D eigenvalue weighted by Gasteiger charge is -2.44. The predicted octanol–water partition coefficient (Wildman–Crippen LogP) is 1.03. The zero-order valence-corrected chi connectivity index (χ0v) is 15.6. The first-order valence-corrected chi connectivity index (χ1v) is 9.70. The van der Waals surface area contributed by atoms with E-state index in [9.17, 15) is 9.59 Å². The molecule has 10 heteroatoms. The Morgan fingerprint density at radius 3 is 2.92 bits per heavy atom. The number of thiophene rings is 1. The van der Waals surface area contributed by atoms with Crippen molar-refractivity contribution in [3.05, 3.63) is 27.7 Å². The molecule has 2 amide bonds. The maximum atomic E-state index is 12.7. The number of carbonyl (C=O) groups excluding carboxylic acids is 2. The molecule has 0 saturated carbocycles. The number of hydrogen-bond acceptors (Lipinski definition) is 7. The van der Waals surface area contributed by atoms with E-state index in [1.54, 1.807) is 28.0 Å². The Labute approximate surface area is 152 Å². The molecule has 4 heterocycles. The van der Waals surface area contributed by atoms with Gasteiger partial charge in [0.2, 0.25) is 11.8 Å². The van der Waals surface area contributed by atoms with Gasteiger partial charge in [0, 0.05) is 9.62 Å². The smallest absolute Gasteiger partial charge is 0.249 e. The fourth-order valence-electron chi connectivity index (χ4n) is 3.41. The SMILES string of the molecule is Cc1ccsc1CC(=O)NC1C(=O)N2C(c3nn[nH]n3)C(C)(C)S[C@H]12. The van der Waals surface area contributed by atoms with Crippen LogP contribution in [0.1, 0.15) is 36.2 Å². The molecular formula is C15H18N6O2S2. The maximum Gasteiger partial charge on any atom is 0.249 e. The largest absolute Gasteiger partial charge is 0.341 e. The van der Waals surface area contributed by atoms with Gasteiger partial charge in [-0.05, 0) is 37.8 Å². The molecular weight excluding hydrogens is 360 g/mol. The Morgan fingerprint density at radius 2 is 2.28 bits per heavy atom. The third kappa shape index (κ3) is 2.63. The van der Waals surface area contributed by atoms with Crippen molar-refractivity contribution in [1.82, 2.24) is 30.8 Å². The van der Waals surface area contributed by atoms with Crippen molar-refractivity contribution in [2.45, 2.75) is 49.4 Å². The van der Waals surface area contributed by atoms with E-state index in [0.29, 0.717) is 12.2 Å². The second-order valence-electron chi connectivity index (χ2n) is 6.78. The second-order valence-corrected chi connectivity index (χ2v) is 9.55. The van der Waals surface area contributed by atoms with E-state index < -0.39 is 6.04 Å². The molecule has 2 aliphatic heterocycles. The van der Waals surface area contributed by atoms with Crippen LogP contribution in [0.25, 0.3) is 0 Å². The van der Waals surface area contributed by atoms with Gasteiger partial charge in [0.05, 0.1) is 6.42 Å². The lowest BCUT2D eigenvalue weighted by atomic mass is 9.95. The number of tetrazole rings is 1. The van der Waals surface area contributed by atoms with Gasteiger partial charge in [-0.2, -0.15) is 5.21 Å². The van der Waals surface area contributed by atoms with Gasteiger partial charge in [-0.15, -0.1) is 33.3 Å². The number of nitrogens with one attached hydrogen (secondary N) is 2. The van der Waals surface area contributed by atoms with Crippen molar-refractivity contribution in [3.63, 3.8) is 0 Å². The van der Waals surface area contributed by atoms with Crippen LogP contribution in [-0.2, 0) is 16.0 Å². The maximum absolute atomic E-state index is 12.7. The molecule has 2 fully saturated rings. The number of aromatic amines is 1. The van der Waals surface area contributed by atoms with Gasteiger partial charge >= 0.3 is 0 Å². The van der Waals surface area contributed by atoms with E-state index in [2.05, 4.69) is 39.8 Å². The number of H-pyrrole nitrogens is 1. The topological polar surface area (TPSA) is 104 Å². The lowest BCUT2D eigenvalue weighted by Crippen LogP contribution is -2.68. The number of rotatable bonds is 4. The van der Waals surface area contributed by atoms with Crippen LogP contribution in [0.2, 0.25) is 0 Å². The lowest BCUT2D eigenvalue weighted by molar-refractivity contribution is -0.151. The molecule has 0 radical (unpaired) electrons. The summed E-state index contributed by atoms with van der Waals surface area (Å²) in [5, 5.41) is 18.9. The molecule has 8 nitrogen and oxygen atoms in total. The summed E-state index contributed by atoms with van der Waals surface area (Å²) in [5.74, 6) is 0.298. The Balaban J connectivity index is 1.47. The van der Waals surface area contributed by atoms with Crippen molar-refractivity contribution in [1.29, 1.82) is 0 Å². The summed E-state index contributed by atoms with van der Waals surface area (Å²) in [5.41, 5.74) is 1.11. The summed E-state index contributed by atoms with van der Waals surface area (Å²) < 4.78 is -0.256. The molecule has 0 aromatic carbocycles. The number of aromatic nitrogens is 4. The number of amides is 2. The monoisotopic (exact) mass is 378 g/mol. The average Bonchev–Trinajstić information content (AvgIpc) is 3.25. The third-order valence-electron chi connectivity index (χ3n) is 4.65. The first-order valence-electron chi connectivity index (χ1n) is 7.94.